The Morgan fingerprint density at radius 3 is 2.29 bits per heavy atom. The third kappa shape index (κ3) is 3.12. The summed E-state index contributed by atoms with van der Waals surface area (Å²) in [5.74, 6) is -0.973. The van der Waals surface area contributed by atoms with Gasteiger partial charge in [0, 0.05) is 11.0 Å². The van der Waals surface area contributed by atoms with Crippen LogP contribution in [0.25, 0.3) is 0 Å². The molecule has 4 nitrogen and oxygen atoms in total. The fraction of sp³-hybridized carbons (Fsp3) is 0.500. The molecule has 0 unspecified atom stereocenters. The van der Waals surface area contributed by atoms with Gasteiger partial charge in [0.05, 0.1) is 10.8 Å². The number of hydrogen-bond acceptors (Lipinski definition) is 2. The molecule has 1 amide bonds. The van der Waals surface area contributed by atoms with Crippen molar-refractivity contribution in [2.75, 3.05) is 6.54 Å². The number of hydrogen-bond donors (Lipinski definition) is 2. The molecule has 1 aliphatic carbocycles. The number of nitrogens with one attached hydrogen (secondary N) is 1. The smallest absolute Gasteiger partial charge is 0.310 e. The predicted octanol–water partition coefficient (Wildman–Crippen LogP) is 3.10. The second-order valence-electron chi connectivity index (χ2n) is 6.31. The zero-order valence-electron chi connectivity index (χ0n) is 12.3. The summed E-state index contributed by atoms with van der Waals surface area (Å²) in [5, 5.41) is 11.9. The van der Waals surface area contributed by atoms with Crippen molar-refractivity contribution in [3.63, 3.8) is 0 Å². The van der Waals surface area contributed by atoms with Crippen LogP contribution < -0.4 is 5.32 Å². The molecule has 0 aromatic heterocycles. The molecular formula is C16H20BrNO3. The number of rotatable bonds is 5. The number of halogens is 1. The minimum atomic E-state index is -0.958. The Hall–Kier alpha value is -1.36. The second kappa shape index (κ2) is 5.79. The SMILES string of the molecule is CC(C)(CNC(=O)C1(c2ccc(Br)cc2)CCC1)C(=O)O. The van der Waals surface area contributed by atoms with Gasteiger partial charge in [-0.05, 0) is 44.4 Å². The van der Waals surface area contributed by atoms with Crippen molar-refractivity contribution in [2.24, 2.45) is 5.41 Å². The van der Waals surface area contributed by atoms with Gasteiger partial charge in [0.2, 0.25) is 5.91 Å². The first-order chi connectivity index (χ1) is 9.78. The zero-order valence-corrected chi connectivity index (χ0v) is 13.9. The molecule has 1 aliphatic rings. The fourth-order valence-corrected chi connectivity index (χ4v) is 2.76. The first kappa shape index (κ1) is 16.0. The topological polar surface area (TPSA) is 66.4 Å². The van der Waals surface area contributed by atoms with E-state index in [9.17, 15) is 9.59 Å². The number of benzene rings is 1. The maximum absolute atomic E-state index is 12.6. The van der Waals surface area contributed by atoms with Crippen molar-refractivity contribution in [3.05, 3.63) is 34.3 Å². The highest BCUT2D eigenvalue weighted by atomic mass is 79.9. The lowest BCUT2D eigenvalue weighted by Crippen LogP contribution is -2.51. The molecule has 0 radical (unpaired) electrons. The van der Waals surface area contributed by atoms with Gasteiger partial charge in [0.15, 0.2) is 0 Å². The average Bonchev–Trinajstić information content (AvgIpc) is 2.37. The standard InChI is InChI=1S/C16H20BrNO3/c1-15(2,14(20)21)10-18-13(19)16(8-3-9-16)11-4-6-12(17)7-5-11/h4-7H,3,8-10H2,1-2H3,(H,18,19)(H,20,21). The van der Waals surface area contributed by atoms with E-state index in [-0.39, 0.29) is 12.5 Å². The van der Waals surface area contributed by atoms with Crippen LogP contribution in [0.1, 0.15) is 38.7 Å². The summed E-state index contributed by atoms with van der Waals surface area (Å²) in [4.78, 5) is 23.7. The Kier molecular flexibility index (Phi) is 4.42. The molecule has 1 saturated carbocycles. The van der Waals surface area contributed by atoms with Gasteiger partial charge in [0.25, 0.3) is 0 Å². The van der Waals surface area contributed by atoms with Crippen LogP contribution in [0.3, 0.4) is 0 Å². The van der Waals surface area contributed by atoms with Gasteiger partial charge < -0.3 is 10.4 Å². The van der Waals surface area contributed by atoms with Crippen molar-refractivity contribution in [2.45, 2.75) is 38.5 Å². The van der Waals surface area contributed by atoms with Crippen LogP contribution in [0.2, 0.25) is 0 Å². The Labute approximate surface area is 133 Å². The minimum absolute atomic E-state index is 0.0644. The lowest BCUT2D eigenvalue weighted by Gasteiger charge is -2.41. The van der Waals surface area contributed by atoms with Crippen LogP contribution in [-0.4, -0.2) is 23.5 Å². The molecule has 5 heteroatoms. The summed E-state index contributed by atoms with van der Waals surface area (Å²) in [7, 11) is 0. The van der Waals surface area contributed by atoms with Crippen LogP contribution in [0.15, 0.2) is 28.7 Å². The first-order valence-corrected chi connectivity index (χ1v) is 7.85. The maximum Gasteiger partial charge on any atom is 0.310 e. The molecule has 0 saturated heterocycles. The third-order valence-electron chi connectivity index (χ3n) is 4.31. The molecule has 0 aliphatic heterocycles. The molecule has 0 atom stereocenters. The van der Waals surface area contributed by atoms with E-state index in [1.807, 2.05) is 24.3 Å². The maximum atomic E-state index is 12.6. The van der Waals surface area contributed by atoms with Gasteiger partial charge in [-0.3, -0.25) is 9.59 Å². The number of carboxylic acid groups (broad SMARTS) is 1. The van der Waals surface area contributed by atoms with Gasteiger partial charge in [-0.15, -0.1) is 0 Å². The van der Waals surface area contributed by atoms with Gasteiger partial charge in [-0.25, -0.2) is 0 Å². The second-order valence-corrected chi connectivity index (χ2v) is 7.23. The van der Waals surface area contributed by atoms with E-state index in [4.69, 9.17) is 5.11 Å². The summed E-state index contributed by atoms with van der Waals surface area (Å²) in [6, 6.07) is 7.80. The molecule has 0 bridgehead atoms. The summed E-state index contributed by atoms with van der Waals surface area (Å²) in [6.45, 7) is 3.37. The number of carboxylic acids is 1. The summed E-state index contributed by atoms with van der Waals surface area (Å²) >= 11 is 3.40. The third-order valence-corrected chi connectivity index (χ3v) is 4.84. The molecule has 114 valence electrons. The van der Waals surface area contributed by atoms with Gasteiger partial charge in [-0.1, -0.05) is 34.5 Å². The van der Waals surface area contributed by atoms with E-state index in [0.717, 1.165) is 29.3 Å². The Morgan fingerprint density at radius 1 is 1.29 bits per heavy atom. The molecule has 1 fully saturated rings. The Morgan fingerprint density at radius 2 is 1.86 bits per heavy atom. The van der Waals surface area contributed by atoms with Crippen molar-refractivity contribution >= 4 is 27.8 Å². The van der Waals surface area contributed by atoms with Crippen molar-refractivity contribution in [1.82, 2.24) is 5.32 Å². The molecule has 0 heterocycles. The average molecular weight is 354 g/mol. The Balaban J connectivity index is 2.12. The summed E-state index contributed by atoms with van der Waals surface area (Å²) < 4.78 is 0.980. The highest BCUT2D eigenvalue weighted by Gasteiger charge is 2.46. The van der Waals surface area contributed by atoms with Gasteiger partial charge in [0.1, 0.15) is 0 Å². The predicted molar refractivity (Wildman–Crippen MR) is 84.1 cm³/mol. The van der Waals surface area contributed by atoms with Gasteiger partial charge >= 0.3 is 5.97 Å². The van der Waals surface area contributed by atoms with E-state index in [0.29, 0.717) is 0 Å². The van der Waals surface area contributed by atoms with Gasteiger partial charge in [-0.2, -0.15) is 0 Å². The molecule has 21 heavy (non-hydrogen) atoms. The van der Waals surface area contributed by atoms with Crippen LogP contribution >= 0.6 is 15.9 Å². The molecule has 1 aromatic carbocycles. The molecule has 0 spiro atoms. The van der Waals surface area contributed by atoms with E-state index in [1.165, 1.54) is 0 Å². The number of carbonyl (C=O) groups excluding carboxylic acids is 1. The summed E-state index contributed by atoms with van der Waals surface area (Å²) in [5.41, 5.74) is -0.446. The molecular weight excluding hydrogens is 334 g/mol. The van der Waals surface area contributed by atoms with Crippen LogP contribution in [0.5, 0.6) is 0 Å². The summed E-state index contributed by atoms with van der Waals surface area (Å²) in [6.07, 6.45) is 2.65. The van der Waals surface area contributed by atoms with E-state index < -0.39 is 16.8 Å². The lowest BCUT2D eigenvalue weighted by atomic mass is 9.63. The van der Waals surface area contributed by atoms with Crippen molar-refractivity contribution in [3.8, 4) is 0 Å². The first-order valence-electron chi connectivity index (χ1n) is 7.06. The highest BCUT2D eigenvalue weighted by Crippen LogP contribution is 2.44. The van der Waals surface area contributed by atoms with Crippen LogP contribution in [0.4, 0.5) is 0 Å². The van der Waals surface area contributed by atoms with Crippen LogP contribution in [-0.2, 0) is 15.0 Å². The van der Waals surface area contributed by atoms with E-state index in [2.05, 4.69) is 21.2 Å². The lowest BCUT2D eigenvalue weighted by molar-refractivity contribution is -0.147. The number of carbonyl (C=O) groups is 2. The number of aliphatic carboxylic acids is 1. The quantitative estimate of drug-likeness (QED) is 0.854. The van der Waals surface area contributed by atoms with Crippen LogP contribution in [0, 0.1) is 5.41 Å². The monoisotopic (exact) mass is 353 g/mol. The normalized spacial score (nSPS) is 16.9. The molecule has 2 rings (SSSR count). The highest BCUT2D eigenvalue weighted by molar-refractivity contribution is 9.10. The zero-order chi connectivity index (χ0) is 15.7. The van der Waals surface area contributed by atoms with Crippen molar-refractivity contribution < 1.29 is 14.7 Å². The largest absolute Gasteiger partial charge is 0.481 e. The molecule has 2 N–H and O–H groups in total. The molecule has 1 aromatic rings. The van der Waals surface area contributed by atoms with E-state index in [1.54, 1.807) is 13.8 Å². The Bertz CT molecular complexity index is 547. The van der Waals surface area contributed by atoms with Crippen molar-refractivity contribution in [1.29, 1.82) is 0 Å². The van der Waals surface area contributed by atoms with E-state index >= 15 is 0 Å². The minimum Gasteiger partial charge on any atom is -0.481 e. The number of amides is 1. The fourth-order valence-electron chi connectivity index (χ4n) is 2.49.